The van der Waals surface area contributed by atoms with E-state index in [1.54, 1.807) is 0 Å². The third-order valence-corrected chi connectivity index (χ3v) is 19.8. The van der Waals surface area contributed by atoms with Gasteiger partial charge in [-0.25, -0.2) is 0 Å². The number of nitrogens with two attached hydrogens (primary N) is 1. The number of likely N-dealkylation sites (tertiary alicyclic amines) is 1. The topological polar surface area (TPSA) is 99.5 Å². The molecule has 7 heteroatoms. The first kappa shape index (κ1) is 87.7. The molecular formula is C84H167N5O2. The van der Waals surface area contributed by atoms with E-state index < -0.39 is 0 Å². The second kappa shape index (κ2) is 32.1. The Kier molecular flexibility index (Phi) is 31.0. The number of imide groups is 1. The summed E-state index contributed by atoms with van der Waals surface area (Å²) in [6.07, 6.45) is 21.4. The molecule has 0 aromatic heterocycles. The zero-order chi connectivity index (χ0) is 71.6. The Morgan fingerprint density at radius 3 is 0.780 bits per heavy atom. The van der Waals surface area contributed by atoms with Crippen LogP contribution in [0.4, 0.5) is 0 Å². The van der Waals surface area contributed by atoms with Crippen molar-refractivity contribution in [3.63, 3.8) is 0 Å². The van der Waals surface area contributed by atoms with Gasteiger partial charge in [-0.15, -0.1) is 0 Å². The monoisotopic (exact) mass is 1280 g/mol. The molecule has 7 nitrogen and oxygen atoms in total. The van der Waals surface area contributed by atoms with Gasteiger partial charge in [0.2, 0.25) is 11.8 Å². The van der Waals surface area contributed by atoms with E-state index >= 15 is 0 Å². The minimum absolute atomic E-state index is 0.0210. The van der Waals surface area contributed by atoms with Crippen LogP contribution in [0, 0.1) is 98.0 Å². The standard InChI is InChI=1S/C84H167N5O2/c1-64(45-65-46-66(90)89(67(65)91)44-43-88-42-41-87-40-39-86-38-37-85)47-69(5,6)49-71(9,10)51-73(13,14)53-75(17,18)55-77(21,22)57-79(25,26)59-81(29,30)61-83(33,34)63-84(35,36)62-82(31,32)60-80(27,28)58-78(23,24)56-76(19,20)54-74(15,16)52-72(11,12)50-70(7,8)48-68(2,3)4/h65,86-88H,1,37-63,85H2,2-36H3. The summed E-state index contributed by atoms with van der Waals surface area (Å²) in [5, 5.41) is 10.1. The van der Waals surface area contributed by atoms with Crippen molar-refractivity contribution in [3.05, 3.63) is 12.2 Å². The molecule has 1 saturated heterocycles. The average Bonchev–Trinajstić information content (AvgIpc) is 1.43. The molecule has 1 atom stereocenters. The van der Waals surface area contributed by atoms with Crippen molar-refractivity contribution in [3.8, 4) is 0 Å². The fourth-order valence-corrected chi connectivity index (χ4v) is 25.1. The molecule has 1 heterocycles. The van der Waals surface area contributed by atoms with E-state index in [1.807, 2.05) is 0 Å². The second-order valence-electron chi connectivity index (χ2n) is 46.0. The number of carbonyl (C=O) groups excluding carboxylic acids is 2. The van der Waals surface area contributed by atoms with Gasteiger partial charge in [0.25, 0.3) is 0 Å². The van der Waals surface area contributed by atoms with E-state index in [0.717, 1.165) is 57.6 Å². The van der Waals surface area contributed by atoms with Crippen LogP contribution in [-0.2, 0) is 9.59 Å². The maximum atomic E-state index is 13.5. The highest BCUT2D eigenvalue weighted by molar-refractivity contribution is 6.03. The number of hydrogen-bond donors (Lipinski definition) is 4. The van der Waals surface area contributed by atoms with Gasteiger partial charge in [-0.3, -0.25) is 14.5 Å². The third-order valence-electron chi connectivity index (χ3n) is 19.8. The number of allylic oxidation sites excluding steroid dienone is 1. The molecule has 1 rings (SSSR count). The Labute approximate surface area is 571 Å². The molecule has 1 aliphatic heterocycles. The van der Waals surface area contributed by atoms with E-state index in [4.69, 9.17) is 5.73 Å². The molecule has 1 aliphatic rings. The summed E-state index contributed by atoms with van der Waals surface area (Å²) in [7, 11) is 0. The first-order chi connectivity index (χ1) is 40.1. The van der Waals surface area contributed by atoms with E-state index in [9.17, 15) is 9.59 Å². The summed E-state index contributed by atoms with van der Waals surface area (Å²) in [5.41, 5.74) is 10.5. The van der Waals surface area contributed by atoms with Gasteiger partial charge in [-0.05, 0) is 208 Å². The molecule has 0 bridgehead atoms. The molecule has 0 saturated carbocycles. The lowest BCUT2D eigenvalue weighted by atomic mass is 9.57. The molecular weight excluding hydrogens is 1110 g/mol. The van der Waals surface area contributed by atoms with Gasteiger partial charge >= 0.3 is 0 Å². The largest absolute Gasteiger partial charge is 0.329 e. The van der Waals surface area contributed by atoms with Crippen molar-refractivity contribution >= 4 is 11.8 Å². The van der Waals surface area contributed by atoms with Crippen LogP contribution in [-0.4, -0.2) is 69.1 Å². The van der Waals surface area contributed by atoms with Crippen LogP contribution in [0.25, 0.3) is 0 Å². The Bertz CT molecular complexity index is 2230. The summed E-state index contributed by atoms with van der Waals surface area (Å²) in [6.45, 7) is 99.0. The fourth-order valence-electron chi connectivity index (χ4n) is 25.1. The van der Waals surface area contributed by atoms with Gasteiger partial charge in [-0.2, -0.15) is 0 Å². The molecule has 1 fully saturated rings. The van der Waals surface area contributed by atoms with Crippen LogP contribution < -0.4 is 21.7 Å². The van der Waals surface area contributed by atoms with E-state index in [1.165, 1.54) is 94.8 Å². The second-order valence-corrected chi connectivity index (χ2v) is 46.0. The van der Waals surface area contributed by atoms with Crippen molar-refractivity contribution in [2.45, 2.75) is 364 Å². The lowest BCUT2D eigenvalue weighted by molar-refractivity contribution is -0.139. The van der Waals surface area contributed by atoms with Crippen LogP contribution in [0.3, 0.4) is 0 Å². The van der Waals surface area contributed by atoms with Crippen LogP contribution in [0.5, 0.6) is 0 Å². The average molecular weight is 1280 g/mol. The van der Waals surface area contributed by atoms with Crippen molar-refractivity contribution in [1.82, 2.24) is 20.9 Å². The predicted molar refractivity (Wildman–Crippen MR) is 405 cm³/mol. The Balaban J connectivity index is 2.89. The summed E-state index contributed by atoms with van der Waals surface area (Å²) >= 11 is 0. The quantitative estimate of drug-likeness (QED) is 0.0275. The smallest absolute Gasteiger partial charge is 0.233 e. The van der Waals surface area contributed by atoms with Crippen molar-refractivity contribution in [2.24, 2.45) is 104 Å². The van der Waals surface area contributed by atoms with Crippen molar-refractivity contribution in [2.75, 3.05) is 52.4 Å². The Hall–Kier alpha value is -1.28. The number of nitrogens with zero attached hydrogens (tertiary/aromatic N) is 1. The molecule has 0 aliphatic carbocycles. The maximum Gasteiger partial charge on any atom is 0.233 e. The number of nitrogens with one attached hydrogen (secondary N) is 3. The third kappa shape index (κ3) is 38.5. The molecule has 91 heavy (non-hydrogen) atoms. The fraction of sp³-hybridized carbons (Fsp3) is 0.952. The zero-order valence-electron chi connectivity index (χ0n) is 68.7. The summed E-state index contributed by atoms with van der Waals surface area (Å²) < 4.78 is 0. The minimum Gasteiger partial charge on any atom is -0.329 e. The van der Waals surface area contributed by atoms with Gasteiger partial charge in [0.15, 0.2) is 0 Å². The number of rotatable bonds is 46. The maximum absolute atomic E-state index is 13.5. The zero-order valence-corrected chi connectivity index (χ0v) is 68.7. The molecule has 0 aromatic rings. The van der Waals surface area contributed by atoms with Gasteiger partial charge in [-0.1, -0.05) is 254 Å². The number of amides is 2. The molecule has 0 aromatic carbocycles. The summed E-state index contributed by atoms with van der Waals surface area (Å²) in [5.74, 6) is -0.376. The molecule has 1 unspecified atom stereocenters. The van der Waals surface area contributed by atoms with Gasteiger partial charge in [0.1, 0.15) is 0 Å². The highest BCUT2D eigenvalue weighted by atomic mass is 16.2. The number of carbonyl (C=O) groups is 2. The van der Waals surface area contributed by atoms with E-state index in [-0.39, 0.29) is 93.5 Å². The molecule has 0 radical (unpaired) electrons. The highest BCUT2D eigenvalue weighted by Gasteiger charge is 2.46. The summed E-state index contributed by atoms with van der Waals surface area (Å²) in [6, 6.07) is 0. The predicted octanol–water partition coefficient (Wildman–Crippen LogP) is 23.1. The van der Waals surface area contributed by atoms with Gasteiger partial charge in [0.05, 0.1) is 5.92 Å². The molecule has 5 N–H and O–H groups in total. The van der Waals surface area contributed by atoms with Gasteiger partial charge < -0.3 is 21.7 Å². The van der Waals surface area contributed by atoms with Gasteiger partial charge in [0, 0.05) is 58.8 Å². The molecule has 540 valence electrons. The van der Waals surface area contributed by atoms with E-state index in [2.05, 4.69) is 265 Å². The molecule has 2 amide bonds. The van der Waals surface area contributed by atoms with Crippen molar-refractivity contribution in [1.29, 1.82) is 0 Å². The van der Waals surface area contributed by atoms with Crippen LogP contribution in [0.2, 0.25) is 0 Å². The summed E-state index contributed by atoms with van der Waals surface area (Å²) in [4.78, 5) is 28.0. The first-order valence-electron chi connectivity index (χ1n) is 37.4. The SMILES string of the molecule is C=C(CC1CC(=O)N(CCNCCNCCNCCN)C1=O)CC(C)(C)CC(C)(C)CC(C)(C)CC(C)(C)CC(C)(C)CC(C)(C)CC(C)(C)CC(C)(C)CC(C)(C)CC(C)(C)CC(C)(C)CC(C)(C)CC(C)(C)CC(C)(C)CC(C)(C)CC(C)(C)CC(C)(C)C. The Morgan fingerprint density at radius 1 is 0.341 bits per heavy atom. The van der Waals surface area contributed by atoms with E-state index in [0.29, 0.717) is 48.7 Å². The molecule has 0 spiro atoms. The van der Waals surface area contributed by atoms with Crippen molar-refractivity contribution < 1.29 is 9.59 Å². The van der Waals surface area contributed by atoms with Crippen LogP contribution in [0.15, 0.2) is 12.2 Å². The lowest BCUT2D eigenvalue weighted by Crippen LogP contribution is -2.39. The van der Waals surface area contributed by atoms with Crippen LogP contribution >= 0.6 is 0 Å². The first-order valence-corrected chi connectivity index (χ1v) is 37.4. The minimum atomic E-state index is -0.295. The Morgan fingerprint density at radius 2 is 0.549 bits per heavy atom. The number of hydrogen-bond acceptors (Lipinski definition) is 6. The lowest BCUT2D eigenvalue weighted by Gasteiger charge is -2.48. The highest BCUT2D eigenvalue weighted by Crippen LogP contribution is 2.57. The van der Waals surface area contributed by atoms with Crippen LogP contribution in [0.1, 0.15) is 364 Å². The normalized spacial score (nSPS) is 16.9.